The van der Waals surface area contributed by atoms with E-state index in [-0.39, 0.29) is 17.0 Å². The van der Waals surface area contributed by atoms with Crippen molar-refractivity contribution in [1.82, 2.24) is 14.8 Å². The zero-order chi connectivity index (χ0) is 16.4. The van der Waals surface area contributed by atoms with Crippen molar-refractivity contribution in [3.8, 4) is 11.4 Å². The van der Waals surface area contributed by atoms with E-state index in [0.717, 1.165) is 0 Å². The molecule has 7 heteroatoms. The van der Waals surface area contributed by atoms with Crippen LogP contribution in [-0.4, -0.2) is 32.6 Å². The molecule has 1 aliphatic heterocycles. The second-order valence-electron chi connectivity index (χ2n) is 5.85. The fourth-order valence-electron chi connectivity index (χ4n) is 2.46. The van der Waals surface area contributed by atoms with Gasteiger partial charge in [-0.25, -0.2) is 4.39 Å². The molecule has 0 amide bonds. The standard InChI is InChI=1S/C16H18FN3O2S/c1-10(2)9-20-14(11-5-3-4-6-12(11)17)18-19-16(20)23-13-7-8-22-15(13)21/h3-6,10,13H,7-9H2,1-2H3/t13-/m0/s1. The maximum atomic E-state index is 14.1. The van der Waals surface area contributed by atoms with Crippen LogP contribution in [0.15, 0.2) is 29.4 Å². The van der Waals surface area contributed by atoms with Crippen molar-refractivity contribution in [3.63, 3.8) is 0 Å². The number of carbonyl (C=O) groups excluding carboxylic acids is 1. The third-order valence-corrected chi connectivity index (χ3v) is 4.74. The molecule has 0 N–H and O–H groups in total. The van der Waals surface area contributed by atoms with Gasteiger partial charge >= 0.3 is 5.97 Å². The molecule has 3 rings (SSSR count). The molecule has 2 heterocycles. The average Bonchev–Trinajstić information content (AvgIpc) is 3.08. The predicted octanol–water partition coefficient (Wildman–Crippen LogP) is 3.15. The van der Waals surface area contributed by atoms with Crippen LogP contribution >= 0.6 is 11.8 Å². The number of hydrogen-bond donors (Lipinski definition) is 0. The van der Waals surface area contributed by atoms with Crippen LogP contribution in [0, 0.1) is 11.7 Å². The van der Waals surface area contributed by atoms with E-state index >= 15 is 0 Å². The SMILES string of the molecule is CC(C)Cn1c(S[C@H]2CCOC2=O)nnc1-c1ccccc1F. The van der Waals surface area contributed by atoms with Crippen molar-refractivity contribution in [2.24, 2.45) is 5.92 Å². The number of rotatable bonds is 5. The van der Waals surface area contributed by atoms with E-state index < -0.39 is 0 Å². The summed E-state index contributed by atoms with van der Waals surface area (Å²) < 4.78 is 21.0. The van der Waals surface area contributed by atoms with Crippen LogP contribution in [0.3, 0.4) is 0 Å². The van der Waals surface area contributed by atoms with Crippen molar-refractivity contribution in [1.29, 1.82) is 0 Å². The average molecular weight is 335 g/mol. The summed E-state index contributed by atoms with van der Waals surface area (Å²) in [5.41, 5.74) is 0.418. The fourth-order valence-corrected chi connectivity index (χ4v) is 3.47. The lowest BCUT2D eigenvalue weighted by Gasteiger charge is -2.13. The van der Waals surface area contributed by atoms with E-state index in [1.165, 1.54) is 17.8 Å². The first-order valence-corrected chi connectivity index (χ1v) is 8.45. The summed E-state index contributed by atoms with van der Waals surface area (Å²) in [7, 11) is 0. The minimum Gasteiger partial charge on any atom is -0.465 e. The second-order valence-corrected chi connectivity index (χ2v) is 7.02. The Balaban J connectivity index is 1.97. The minimum absolute atomic E-state index is 0.221. The van der Waals surface area contributed by atoms with Crippen LogP contribution in [0.25, 0.3) is 11.4 Å². The van der Waals surface area contributed by atoms with E-state index in [1.54, 1.807) is 18.2 Å². The number of carbonyl (C=O) groups is 1. The van der Waals surface area contributed by atoms with E-state index in [4.69, 9.17) is 4.74 Å². The number of hydrogen-bond acceptors (Lipinski definition) is 5. The van der Waals surface area contributed by atoms with Crippen LogP contribution < -0.4 is 0 Å². The number of benzene rings is 1. The highest BCUT2D eigenvalue weighted by molar-refractivity contribution is 8.00. The van der Waals surface area contributed by atoms with Crippen molar-refractivity contribution >= 4 is 17.7 Å². The highest BCUT2D eigenvalue weighted by atomic mass is 32.2. The number of esters is 1. The van der Waals surface area contributed by atoms with Crippen LogP contribution in [0.4, 0.5) is 4.39 Å². The van der Waals surface area contributed by atoms with Crippen LogP contribution in [0.2, 0.25) is 0 Å². The third kappa shape index (κ3) is 3.39. The molecule has 0 bridgehead atoms. The Hall–Kier alpha value is -1.89. The quantitative estimate of drug-likeness (QED) is 0.786. The Morgan fingerprint density at radius 2 is 2.17 bits per heavy atom. The van der Waals surface area contributed by atoms with E-state index in [1.807, 2.05) is 4.57 Å². The normalized spacial score (nSPS) is 17.7. The molecule has 1 aliphatic rings. The molecule has 2 aromatic rings. The van der Waals surface area contributed by atoms with Gasteiger partial charge in [-0.1, -0.05) is 37.7 Å². The Bertz CT molecular complexity index is 717. The van der Waals surface area contributed by atoms with Gasteiger partial charge in [0.2, 0.25) is 0 Å². The van der Waals surface area contributed by atoms with E-state index in [9.17, 15) is 9.18 Å². The predicted molar refractivity (Wildman–Crippen MR) is 85.5 cm³/mol. The zero-order valence-electron chi connectivity index (χ0n) is 13.0. The highest BCUT2D eigenvalue weighted by Gasteiger charge is 2.30. The molecule has 1 fully saturated rings. The molecule has 0 spiro atoms. The van der Waals surface area contributed by atoms with Gasteiger partial charge in [0.25, 0.3) is 0 Å². The van der Waals surface area contributed by atoms with Gasteiger partial charge in [-0.2, -0.15) is 0 Å². The molecular weight excluding hydrogens is 317 g/mol. The first-order valence-electron chi connectivity index (χ1n) is 7.57. The number of cyclic esters (lactones) is 1. The summed E-state index contributed by atoms with van der Waals surface area (Å²) in [6.45, 7) is 5.24. The molecule has 23 heavy (non-hydrogen) atoms. The topological polar surface area (TPSA) is 57.0 Å². The molecule has 0 radical (unpaired) electrons. The maximum Gasteiger partial charge on any atom is 0.319 e. The number of halogens is 1. The molecule has 0 unspecified atom stereocenters. The van der Waals surface area contributed by atoms with E-state index in [2.05, 4.69) is 24.0 Å². The highest BCUT2D eigenvalue weighted by Crippen LogP contribution is 2.32. The first-order chi connectivity index (χ1) is 11.1. The summed E-state index contributed by atoms with van der Waals surface area (Å²) in [6, 6.07) is 6.51. The maximum absolute atomic E-state index is 14.1. The number of thioether (sulfide) groups is 1. The van der Waals surface area contributed by atoms with Gasteiger partial charge < -0.3 is 9.30 Å². The summed E-state index contributed by atoms with van der Waals surface area (Å²) in [5, 5.41) is 8.71. The van der Waals surface area contributed by atoms with Gasteiger partial charge in [-0.3, -0.25) is 4.79 Å². The summed E-state index contributed by atoms with van der Waals surface area (Å²) >= 11 is 1.34. The Kier molecular flexibility index (Phi) is 4.66. The zero-order valence-corrected chi connectivity index (χ0v) is 13.8. The van der Waals surface area contributed by atoms with Crippen LogP contribution in [0.1, 0.15) is 20.3 Å². The summed E-state index contributed by atoms with van der Waals surface area (Å²) in [4.78, 5) is 11.7. The van der Waals surface area contributed by atoms with Crippen molar-refractivity contribution < 1.29 is 13.9 Å². The fraction of sp³-hybridized carbons (Fsp3) is 0.438. The Morgan fingerprint density at radius 1 is 1.39 bits per heavy atom. The lowest BCUT2D eigenvalue weighted by Crippen LogP contribution is -2.13. The molecule has 1 aromatic carbocycles. The van der Waals surface area contributed by atoms with Crippen LogP contribution in [0.5, 0.6) is 0 Å². The first kappa shape index (κ1) is 16.0. The number of aromatic nitrogens is 3. The van der Waals surface area contributed by atoms with Gasteiger partial charge in [-0.05, 0) is 18.1 Å². The van der Waals surface area contributed by atoms with Gasteiger partial charge in [0.15, 0.2) is 11.0 Å². The van der Waals surface area contributed by atoms with Crippen molar-refractivity contribution in [2.45, 2.75) is 37.2 Å². The van der Waals surface area contributed by atoms with Gasteiger partial charge in [0.05, 0.1) is 12.2 Å². The number of nitrogens with zero attached hydrogens (tertiary/aromatic N) is 3. The molecule has 122 valence electrons. The van der Waals surface area contributed by atoms with Gasteiger partial charge in [-0.15, -0.1) is 10.2 Å². The minimum atomic E-state index is -0.332. The smallest absolute Gasteiger partial charge is 0.319 e. The molecule has 1 saturated heterocycles. The summed E-state index contributed by atoms with van der Waals surface area (Å²) in [5.74, 6) is 0.278. The second kappa shape index (κ2) is 6.70. The van der Waals surface area contributed by atoms with Crippen molar-refractivity contribution in [2.75, 3.05) is 6.61 Å². The lowest BCUT2D eigenvalue weighted by atomic mass is 10.2. The lowest BCUT2D eigenvalue weighted by molar-refractivity contribution is -0.137. The summed E-state index contributed by atoms with van der Waals surface area (Å²) in [6.07, 6.45) is 0.660. The van der Waals surface area contributed by atoms with Gasteiger partial charge in [0, 0.05) is 13.0 Å². The monoisotopic (exact) mass is 335 g/mol. The third-order valence-electron chi connectivity index (χ3n) is 3.51. The number of ether oxygens (including phenoxy) is 1. The largest absolute Gasteiger partial charge is 0.465 e. The Morgan fingerprint density at radius 3 is 2.83 bits per heavy atom. The molecule has 1 aromatic heterocycles. The molecule has 5 nitrogen and oxygen atoms in total. The molecule has 0 aliphatic carbocycles. The molecular formula is C16H18FN3O2S. The molecule has 1 atom stereocenters. The Labute approximate surface area is 138 Å². The van der Waals surface area contributed by atoms with E-state index in [0.29, 0.717) is 42.0 Å². The molecule has 0 saturated carbocycles. The van der Waals surface area contributed by atoms with Crippen molar-refractivity contribution in [3.05, 3.63) is 30.1 Å². The van der Waals surface area contributed by atoms with Gasteiger partial charge in [0.1, 0.15) is 11.1 Å². The van der Waals surface area contributed by atoms with Crippen LogP contribution in [-0.2, 0) is 16.1 Å².